The summed E-state index contributed by atoms with van der Waals surface area (Å²) in [6, 6.07) is 7.22. The van der Waals surface area contributed by atoms with Gasteiger partial charge in [-0.3, -0.25) is 4.68 Å². The van der Waals surface area contributed by atoms with Gasteiger partial charge in [-0.2, -0.15) is 18.3 Å². The van der Waals surface area contributed by atoms with Crippen molar-refractivity contribution in [1.82, 2.24) is 14.8 Å². The van der Waals surface area contributed by atoms with Gasteiger partial charge in [0.1, 0.15) is 5.15 Å². The van der Waals surface area contributed by atoms with Gasteiger partial charge in [0, 0.05) is 23.3 Å². The second-order valence-corrected chi connectivity index (χ2v) is 5.46. The molecule has 0 spiro atoms. The van der Waals surface area contributed by atoms with E-state index in [0.29, 0.717) is 10.7 Å². The molecule has 0 aliphatic rings. The van der Waals surface area contributed by atoms with Gasteiger partial charge < -0.3 is 5.11 Å². The van der Waals surface area contributed by atoms with E-state index in [1.165, 1.54) is 12.4 Å². The lowest BCUT2D eigenvalue weighted by Crippen LogP contribution is -2.32. The maximum absolute atomic E-state index is 12.4. The summed E-state index contributed by atoms with van der Waals surface area (Å²) < 4.78 is 38.2. The van der Waals surface area contributed by atoms with Crippen LogP contribution in [0.1, 0.15) is 0 Å². The Labute approximate surface area is 134 Å². The molecule has 2 aromatic heterocycles. The number of aliphatic hydroxyl groups excluding tert-OH is 1. The van der Waals surface area contributed by atoms with Gasteiger partial charge in [0.15, 0.2) is 6.10 Å². The normalized spacial score (nSPS) is 13.4. The first-order chi connectivity index (χ1) is 10.8. The molecular weight excluding hydrogens is 331 g/mol. The van der Waals surface area contributed by atoms with Crippen LogP contribution in [-0.4, -0.2) is 32.2 Å². The van der Waals surface area contributed by atoms with Crippen molar-refractivity contribution in [3.63, 3.8) is 0 Å². The van der Waals surface area contributed by atoms with E-state index in [2.05, 4.69) is 10.1 Å². The summed E-state index contributed by atoms with van der Waals surface area (Å²) in [5.41, 5.74) is 1.43. The van der Waals surface area contributed by atoms with Crippen molar-refractivity contribution in [3.8, 4) is 11.1 Å². The second-order valence-electron chi connectivity index (χ2n) is 5.08. The van der Waals surface area contributed by atoms with E-state index in [9.17, 15) is 13.2 Å². The maximum atomic E-state index is 12.4. The van der Waals surface area contributed by atoms with Gasteiger partial charge in [0.05, 0.1) is 12.7 Å². The van der Waals surface area contributed by atoms with Crippen LogP contribution in [0.4, 0.5) is 13.2 Å². The zero-order valence-electron chi connectivity index (χ0n) is 11.6. The SMILES string of the molecule is OC(Cn1cc(-c2ccc3cnc(Cl)cc3c2)cn1)C(F)(F)F. The van der Waals surface area contributed by atoms with E-state index in [1.54, 1.807) is 12.3 Å². The number of halogens is 4. The Morgan fingerprint density at radius 3 is 2.65 bits per heavy atom. The Morgan fingerprint density at radius 1 is 1.13 bits per heavy atom. The Balaban J connectivity index is 1.88. The molecule has 0 bridgehead atoms. The highest BCUT2D eigenvalue weighted by Crippen LogP contribution is 2.26. The van der Waals surface area contributed by atoms with E-state index >= 15 is 0 Å². The van der Waals surface area contributed by atoms with Gasteiger partial charge in [0.2, 0.25) is 0 Å². The summed E-state index contributed by atoms with van der Waals surface area (Å²) in [7, 11) is 0. The lowest BCUT2D eigenvalue weighted by molar-refractivity contribution is -0.208. The van der Waals surface area contributed by atoms with Crippen LogP contribution in [0.25, 0.3) is 21.9 Å². The molecule has 0 aliphatic heterocycles. The summed E-state index contributed by atoms with van der Waals surface area (Å²) in [6.45, 7) is -0.646. The quantitative estimate of drug-likeness (QED) is 0.739. The van der Waals surface area contributed by atoms with E-state index < -0.39 is 18.8 Å². The number of alkyl halides is 3. The summed E-state index contributed by atoms with van der Waals surface area (Å²) in [6.07, 6.45) is -2.56. The summed E-state index contributed by atoms with van der Waals surface area (Å²) >= 11 is 5.86. The predicted octanol–water partition coefficient (Wildman–Crippen LogP) is 3.67. The molecule has 0 radical (unpaired) electrons. The highest BCUT2D eigenvalue weighted by molar-refractivity contribution is 6.30. The third-order valence-electron chi connectivity index (χ3n) is 3.39. The van der Waals surface area contributed by atoms with Gasteiger partial charge >= 0.3 is 6.18 Å². The first-order valence-corrected chi connectivity index (χ1v) is 7.03. The number of aromatic nitrogens is 3. The molecular formula is C15H11ClF3N3O. The minimum absolute atomic E-state index is 0.360. The number of pyridine rings is 1. The molecule has 3 aromatic rings. The van der Waals surface area contributed by atoms with Crippen molar-refractivity contribution in [1.29, 1.82) is 0 Å². The van der Waals surface area contributed by atoms with Crippen LogP contribution in [0.2, 0.25) is 5.15 Å². The fraction of sp³-hybridized carbons (Fsp3) is 0.200. The van der Waals surface area contributed by atoms with Crippen LogP contribution in [0.5, 0.6) is 0 Å². The van der Waals surface area contributed by atoms with E-state index in [-0.39, 0.29) is 0 Å². The van der Waals surface area contributed by atoms with Crippen molar-refractivity contribution in [2.24, 2.45) is 0 Å². The molecule has 2 heterocycles. The van der Waals surface area contributed by atoms with Crippen LogP contribution in [0.3, 0.4) is 0 Å². The highest BCUT2D eigenvalue weighted by Gasteiger charge is 2.38. The van der Waals surface area contributed by atoms with E-state index in [0.717, 1.165) is 21.0 Å². The Hall–Kier alpha value is -2.12. The van der Waals surface area contributed by atoms with Gasteiger partial charge in [0.25, 0.3) is 0 Å². The molecule has 23 heavy (non-hydrogen) atoms. The smallest absolute Gasteiger partial charge is 0.382 e. The number of benzene rings is 1. The molecule has 1 unspecified atom stereocenters. The third-order valence-corrected chi connectivity index (χ3v) is 3.60. The van der Waals surface area contributed by atoms with Crippen LogP contribution < -0.4 is 0 Å². The van der Waals surface area contributed by atoms with Crippen LogP contribution >= 0.6 is 11.6 Å². The number of hydrogen-bond donors (Lipinski definition) is 1. The van der Waals surface area contributed by atoms with Gasteiger partial charge in [-0.1, -0.05) is 23.7 Å². The van der Waals surface area contributed by atoms with E-state index in [1.807, 2.05) is 18.2 Å². The summed E-state index contributed by atoms with van der Waals surface area (Å²) in [5, 5.41) is 15.1. The molecule has 0 amide bonds. The van der Waals surface area contributed by atoms with Crippen molar-refractivity contribution >= 4 is 22.4 Å². The lowest BCUT2D eigenvalue weighted by Gasteiger charge is -2.13. The zero-order valence-corrected chi connectivity index (χ0v) is 12.4. The average Bonchev–Trinajstić information content (AvgIpc) is 2.94. The Morgan fingerprint density at radius 2 is 1.91 bits per heavy atom. The highest BCUT2D eigenvalue weighted by atomic mass is 35.5. The lowest BCUT2D eigenvalue weighted by atomic mass is 10.1. The predicted molar refractivity (Wildman–Crippen MR) is 80.0 cm³/mol. The number of aliphatic hydroxyl groups is 1. The van der Waals surface area contributed by atoms with Crippen LogP contribution in [0.15, 0.2) is 42.9 Å². The van der Waals surface area contributed by atoms with E-state index in [4.69, 9.17) is 16.7 Å². The van der Waals surface area contributed by atoms with Crippen LogP contribution in [-0.2, 0) is 6.54 Å². The third kappa shape index (κ3) is 3.46. The molecule has 4 nitrogen and oxygen atoms in total. The van der Waals surface area contributed by atoms with Crippen molar-refractivity contribution in [2.75, 3.05) is 0 Å². The molecule has 1 atom stereocenters. The van der Waals surface area contributed by atoms with Gasteiger partial charge in [-0.25, -0.2) is 4.98 Å². The average molecular weight is 342 g/mol. The molecule has 0 aliphatic carbocycles. The van der Waals surface area contributed by atoms with Gasteiger partial charge in [-0.15, -0.1) is 0 Å². The Bertz CT molecular complexity index is 847. The Kier molecular flexibility index (Phi) is 3.99. The maximum Gasteiger partial charge on any atom is 0.416 e. The number of rotatable bonds is 3. The minimum Gasteiger partial charge on any atom is -0.382 e. The minimum atomic E-state index is -4.67. The van der Waals surface area contributed by atoms with Crippen LogP contribution in [0, 0.1) is 0 Å². The largest absolute Gasteiger partial charge is 0.416 e. The van der Waals surface area contributed by atoms with Gasteiger partial charge in [-0.05, 0) is 23.1 Å². The number of fused-ring (bicyclic) bond motifs is 1. The zero-order chi connectivity index (χ0) is 16.6. The molecule has 0 saturated carbocycles. The summed E-state index contributed by atoms with van der Waals surface area (Å²) in [5.74, 6) is 0. The molecule has 8 heteroatoms. The monoisotopic (exact) mass is 341 g/mol. The number of hydrogen-bond acceptors (Lipinski definition) is 3. The second kappa shape index (κ2) is 5.82. The standard InChI is InChI=1S/C15H11ClF3N3O/c16-14-4-11-3-9(1-2-10(11)5-20-14)12-6-21-22(7-12)8-13(23)15(17,18)19/h1-7,13,23H,8H2. The molecule has 0 saturated heterocycles. The fourth-order valence-electron chi connectivity index (χ4n) is 2.19. The molecule has 120 valence electrons. The molecule has 0 fully saturated rings. The molecule has 3 rings (SSSR count). The summed E-state index contributed by atoms with van der Waals surface area (Å²) in [4.78, 5) is 3.98. The first-order valence-electron chi connectivity index (χ1n) is 6.66. The molecule has 1 aromatic carbocycles. The van der Waals surface area contributed by atoms with Crippen molar-refractivity contribution in [3.05, 3.63) is 48.0 Å². The molecule has 1 N–H and O–H groups in total. The van der Waals surface area contributed by atoms with Crippen molar-refractivity contribution in [2.45, 2.75) is 18.8 Å². The fourth-order valence-corrected chi connectivity index (χ4v) is 2.35. The van der Waals surface area contributed by atoms with Crippen molar-refractivity contribution < 1.29 is 18.3 Å². The topological polar surface area (TPSA) is 50.9 Å². The first kappa shape index (κ1) is 15.8. The number of nitrogens with zero attached hydrogens (tertiary/aromatic N) is 3.